The van der Waals surface area contributed by atoms with Crippen LogP contribution in [-0.2, 0) is 0 Å². The molecule has 0 fully saturated rings. The Kier molecular flexibility index (Phi) is 4.13. The van der Waals surface area contributed by atoms with Gasteiger partial charge in [0.25, 0.3) is 0 Å². The Balaban J connectivity index is 2.19. The highest BCUT2D eigenvalue weighted by Crippen LogP contribution is 2.30. The fourth-order valence-corrected chi connectivity index (χ4v) is 2.78. The van der Waals surface area contributed by atoms with Crippen LogP contribution in [0.4, 0.5) is 0 Å². The van der Waals surface area contributed by atoms with Gasteiger partial charge in [0, 0.05) is 17.8 Å². The van der Waals surface area contributed by atoms with E-state index < -0.39 is 0 Å². The van der Waals surface area contributed by atoms with Gasteiger partial charge < -0.3 is 5.32 Å². The van der Waals surface area contributed by atoms with E-state index >= 15 is 0 Å². The zero-order valence-electron chi connectivity index (χ0n) is 11.8. The smallest absolute Gasteiger partial charge is 0.0804 e. The lowest BCUT2D eigenvalue weighted by Gasteiger charge is -2.20. The predicted octanol–water partition coefficient (Wildman–Crippen LogP) is 3.98. The van der Waals surface area contributed by atoms with Gasteiger partial charge in [-0.05, 0) is 36.4 Å². The lowest BCUT2D eigenvalue weighted by molar-refractivity contribution is 0.619. The van der Waals surface area contributed by atoms with Crippen LogP contribution in [0.3, 0.4) is 0 Å². The number of aromatic nitrogens is 2. The summed E-state index contributed by atoms with van der Waals surface area (Å²) in [4.78, 5) is 8.88. The molecule has 0 aliphatic carbocycles. The molecular formula is C17H16ClN3. The summed E-state index contributed by atoms with van der Waals surface area (Å²) in [7, 11) is 0. The molecule has 0 amide bonds. The molecule has 1 aromatic carbocycles. The van der Waals surface area contributed by atoms with Crippen LogP contribution in [-0.4, -0.2) is 16.5 Å². The van der Waals surface area contributed by atoms with Crippen LogP contribution >= 0.6 is 11.6 Å². The summed E-state index contributed by atoms with van der Waals surface area (Å²) in [5.41, 5.74) is 2.96. The topological polar surface area (TPSA) is 37.8 Å². The standard InChI is InChI=1S/C17H16ClN3/c1-2-19-16(17-14(18)8-5-11-21-17)13-6-3-9-15-12(13)7-4-10-20-15/h3-11,16,19H,2H2,1H3. The maximum atomic E-state index is 6.34. The van der Waals surface area contributed by atoms with E-state index in [9.17, 15) is 0 Å². The molecule has 0 aliphatic rings. The van der Waals surface area contributed by atoms with Gasteiger partial charge in [-0.1, -0.05) is 36.7 Å². The molecular weight excluding hydrogens is 282 g/mol. The number of pyridine rings is 2. The second kappa shape index (κ2) is 6.20. The SMILES string of the molecule is CCNC(c1ncccc1Cl)c1cccc2ncccc12. The highest BCUT2D eigenvalue weighted by Gasteiger charge is 2.19. The molecule has 4 heteroatoms. The van der Waals surface area contributed by atoms with E-state index in [1.807, 2.05) is 36.5 Å². The van der Waals surface area contributed by atoms with Crippen LogP contribution in [0.25, 0.3) is 10.9 Å². The Morgan fingerprint density at radius 3 is 2.67 bits per heavy atom. The average molecular weight is 298 g/mol. The lowest BCUT2D eigenvalue weighted by Crippen LogP contribution is -2.23. The van der Waals surface area contributed by atoms with Gasteiger partial charge in [-0.25, -0.2) is 0 Å². The quantitative estimate of drug-likeness (QED) is 0.791. The molecule has 1 unspecified atom stereocenters. The summed E-state index contributed by atoms with van der Waals surface area (Å²) in [5.74, 6) is 0. The molecule has 0 saturated carbocycles. The molecule has 106 valence electrons. The number of hydrogen-bond acceptors (Lipinski definition) is 3. The summed E-state index contributed by atoms with van der Waals surface area (Å²) in [6, 6.07) is 13.8. The van der Waals surface area contributed by atoms with Crippen LogP contribution in [0.5, 0.6) is 0 Å². The second-order valence-electron chi connectivity index (χ2n) is 4.78. The normalized spacial score (nSPS) is 12.5. The number of nitrogens with one attached hydrogen (secondary N) is 1. The molecule has 0 radical (unpaired) electrons. The zero-order chi connectivity index (χ0) is 14.7. The number of rotatable bonds is 4. The molecule has 0 saturated heterocycles. The van der Waals surface area contributed by atoms with E-state index in [-0.39, 0.29) is 6.04 Å². The van der Waals surface area contributed by atoms with Crippen LogP contribution < -0.4 is 5.32 Å². The Hall–Kier alpha value is -1.97. The number of halogens is 1. The lowest BCUT2D eigenvalue weighted by atomic mass is 9.98. The number of hydrogen-bond donors (Lipinski definition) is 1. The van der Waals surface area contributed by atoms with Crippen molar-refractivity contribution in [1.82, 2.24) is 15.3 Å². The molecule has 2 aromatic heterocycles. The van der Waals surface area contributed by atoms with Crippen molar-refractivity contribution >= 4 is 22.5 Å². The van der Waals surface area contributed by atoms with Gasteiger partial charge in [0.1, 0.15) is 0 Å². The maximum absolute atomic E-state index is 6.34. The van der Waals surface area contributed by atoms with Crippen LogP contribution in [0.15, 0.2) is 54.9 Å². The second-order valence-corrected chi connectivity index (χ2v) is 5.19. The number of nitrogens with zero attached hydrogens (tertiary/aromatic N) is 2. The average Bonchev–Trinajstić information content (AvgIpc) is 2.53. The maximum Gasteiger partial charge on any atom is 0.0804 e. The highest BCUT2D eigenvalue weighted by molar-refractivity contribution is 6.31. The summed E-state index contributed by atoms with van der Waals surface area (Å²) in [5, 5.41) is 5.26. The van der Waals surface area contributed by atoms with Gasteiger partial charge in [0.05, 0.1) is 22.3 Å². The Morgan fingerprint density at radius 2 is 1.86 bits per heavy atom. The predicted molar refractivity (Wildman–Crippen MR) is 86.5 cm³/mol. The van der Waals surface area contributed by atoms with Crippen LogP contribution in [0.1, 0.15) is 24.2 Å². The summed E-state index contributed by atoms with van der Waals surface area (Å²) in [6.07, 6.45) is 3.58. The van der Waals surface area contributed by atoms with E-state index in [1.54, 1.807) is 6.20 Å². The summed E-state index contributed by atoms with van der Waals surface area (Å²) >= 11 is 6.34. The molecule has 21 heavy (non-hydrogen) atoms. The zero-order valence-corrected chi connectivity index (χ0v) is 12.5. The van der Waals surface area contributed by atoms with Crippen molar-refractivity contribution in [1.29, 1.82) is 0 Å². The van der Waals surface area contributed by atoms with Crippen molar-refractivity contribution < 1.29 is 0 Å². The van der Waals surface area contributed by atoms with Gasteiger partial charge >= 0.3 is 0 Å². The molecule has 1 N–H and O–H groups in total. The monoisotopic (exact) mass is 297 g/mol. The highest BCUT2D eigenvalue weighted by atomic mass is 35.5. The molecule has 3 rings (SSSR count). The Labute approximate surface area is 129 Å². The molecule has 0 aliphatic heterocycles. The van der Waals surface area contributed by atoms with Gasteiger partial charge in [-0.2, -0.15) is 0 Å². The van der Waals surface area contributed by atoms with Crippen molar-refractivity contribution in [2.24, 2.45) is 0 Å². The minimum Gasteiger partial charge on any atom is -0.305 e. The first kappa shape index (κ1) is 14.0. The molecule has 2 heterocycles. The summed E-state index contributed by atoms with van der Waals surface area (Å²) in [6.45, 7) is 2.90. The first-order valence-corrected chi connectivity index (χ1v) is 7.36. The fourth-order valence-electron chi connectivity index (χ4n) is 2.55. The van der Waals surface area contributed by atoms with Crippen molar-refractivity contribution in [2.75, 3.05) is 6.54 Å². The van der Waals surface area contributed by atoms with Crippen LogP contribution in [0.2, 0.25) is 5.02 Å². The van der Waals surface area contributed by atoms with E-state index in [2.05, 4.69) is 34.3 Å². The first-order valence-electron chi connectivity index (χ1n) is 6.98. The molecule has 3 aromatic rings. The van der Waals surface area contributed by atoms with E-state index in [0.29, 0.717) is 5.02 Å². The van der Waals surface area contributed by atoms with Gasteiger partial charge in [-0.15, -0.1) is 0 Å². The number of benzene rings is 1. The molecule has 0 bridgehead atoms. The number of fused-ring (bicyclic) bond motifs is 1. The van der Waals surface area contributed by atoms with Crippen molar-refractivity contribution in [3.05, 3.63) is 71.1 Å². The minimum atomic E-state index is -0.0448. The molecule has 1 atom stereocenters. The van der Waals surface area contributed by atoms with Gasteiger partial charge in [0.15, 0.2) is 0 Å². The Morgan fingerprint density at radius 1 is 1.05 bits per heavy atom. The Bertz CT molecular complexity index is 752. The summed E-state index contributed by atoms with van der Waals surface area (Å²) < 4.78 is 0. The molecule has 0 spiro atoms. The third kappa shape index (κ3) is 2.75. The van der Waals surface area contributed by atoms with E-state index in [4.69, 9.17) is 11.6 Å². The van der Waals surface area contributed by atoms with Crippen molar-refractivity contribution in [3.63, 3.8) is 0 Å². The van der Waals surface area contributed by atoms with Crippen LogP contribution in [0, 0.1) is 0 Å². The van der Waals surface area contributed by atoms with E-state index in [0.717, 1.165) is 28.7 Å². The van der Waals surface area contributed by atoms with Gasteiger partial charge in [0.2, 0.25) is 0 Å². The van der Waals surface area contributed by atoms with E-state index in [1.165, 1.54) is 0 Å². The minimum absolute atomic E-state index is 0.0448. The fraction of sp³-hybridized carbons (Fsp3) is 0.176. The van der Waals surface area contributed by atoms with Crippen molar-refractivity contribution in [2.45, 2.75) is 13.0 Å². The third-order valence-electron chi connectivity index (χ3n) is 3.46. The first-order chi connectivity index (χ1) is 10.3. The van der Waals surface area contributed by atoms with Crippen molar-refractivity contribution in [3.8, 4) is 0 Å². The largest absolute Gasteiger partial charge is 0.305 e. The third-order valence-corrected chi connectivity index (χ3v) is 3.78. The van der Waals surface area contributed by atoms with Gasteiger partial charge in [-0.3, -0.25) is 9.97 Å². The molecule has 3 nitrogen and oxygen atoms in total.